The van der Waals surface area contributed by atoms with Crippen molar-refractivity contribution < 1.29 is 9.53 Å². The molecule has 2 heterocycles. The molecule has 0 aliphatic carbocycles. The summed E-state index contributed by atoms with van der Waals surface area (Å²) in [5.74, 6) is 0. The van der Waals surface area contributed by atoms with Crippen molar-refractivity contribution in [2.75, 3.05) is 39.9 Å². The number of hydrogen-bond donors (Lipinski definition) is 1. The maximum Gasteiger partial charge on any atom is 0.320 e. The average molecular weight is 227 g/mol. The maximum atomic E-state index is 11.8. The molecule has 2 amide bonds. The lowest BCUT2D eigenvalue weighted by Gasteiger charge is -2.25. The van der Waals surface area contributed by atoms with Gasteiger partial charge in [0.25, 0.3) is 0 Å². The van der Waals surface area contributed by atoms with Gasteiger partial charge in [-0.1, -0.05) is 0 Å². The van der Waals surface area contributed by atoms with Crippen molar-refractivity contribution in [2.45, 2.75) is 25.4 Å². The van der Waals surface area contributed by atoms with E-state index >= 15 is 0 Å². The highest BCUT2D eigenvalue weighted by molar-refractivity contribution is 5.76. The van der Waals surface area contributed by atoms with Crippen LogP contribution in [0.5, 0.6) is 0 Å². The summed E-state index contributed by atoms with van der Waals surface area (Å²) < 4.78 is 5.39. The van der Waals surface area contributed by atoms with Crippen LogP contribution in [0.15, 0.2) is 0 Å². The number of ether oxygens (including phenoxy) is 1. The monoisotopic (exact) mass is 227 g/mol. The molecule has 2 rings (SSSR count). The SMILES string of the molecule is CC1CN(CCC2COCCN2)C(=O)N1C. The molecule has 92 valence electrons. The molecule has 2 aliphatic heterocycles. The summed E-state index contributed by atoms with van der Waals surface area (Å²) in [5, 5.41) is 3.40. The third-order valence-corrected chi connectivity index (χ3v) is 3.46. The first-order chi connectivity index (χ1) is 7.68. The number of urea groups is 1. The van der Waals surface area contributed by atoms with Crippen molar-refractivity contribution >= 4 is 6.03 Å². The molecule has 0 aromatic carbocycles. The number of nitrogens with zero attached hydrogens (tertiary/aromatic N) is 2. The zero-order valence-corrected chi connectivity index (χ0v) is 10.1. The van der Waals surface area contributed by atoms with Gasteiger partial charge in [0.05, 0.1) is 13.2 Å². The van der Waals surface area contributed by atoms with Gasteiger partial charge >= 0.3 is 6.03 Å². The van der Waals surface area contributed by atoms with E-state index in [4.69, 9.17) is 4.74 Å². The van der Waals surface area contributed by atoms with Crippen LogP contribution in [0.1, 0.15) is 13.3 Å². The Bertz CT molecular complexity index is 254. The van der Waals surface area contributed by atoms with Crippen LogP contribution in [0.3, 0.4) is 0 Å². The lowest BCUT2D eigenvalue weighted by atomic mass is 10.2. The summed E-state index contributed by atoms with van der Waals surface area (Å²) in [7, 11) is 1.87. The summed E-state index contributed by atoms with van der Waals surface area (Å²) in [5.41, 5.74) is 0. The van der Waals surface area contributed by atoms with Crippen LogP contribution >= 0.6 is 0 Å². The van der Waals surface area contributed by atoms with Gasteiger partial charge in [-0.2, -0.15) is 0 Å². The molecule has 2 aliphatic rings. The van der Waals surface area contributed by atoms with Gasteiger partial charge in [0.1, 0.15) is 0 Å². The number of carbonyl (C=O) groups excluding carboxylic acids is 1. The second-order valence-corrected chi connectivity index (χ2v) is 4.70. The normalized spacial score (nSPS) is 31.2. The number of rotatable bonds is 3. The quantitative estimate of drug-likeness (QED) is 0.745. The predicted octanol–water partition coefficient (Wildman–Crippen LogP) is 0.121. The molecule has 2 fully saturated rings. The molecule has 5 heteroatoms. The first kappa shape index (κ1) is 11.7. The largest absolute Gasteiger partial charge is 0.379 e. The van der Waals surface area contributed by atoms with E-state index in [0.29, 0.717) is 12.1 Å². The van der Waals surface area contributed by atoms with Crippen LogP contribution in [0.4, 0.5) is 4.79 Å². The molecular weight excluding hydrogens is 206 g/mol. The Balaban J connectivity index is 1.75. The van der Waals surface area contributed by atoms with E-state index in [-0.39, 0.29) is 6.03 Å². The van der Waals surface area contributed by atoms with Crippen molar-refractivity contribution in [1.82, 2.24) is 15.1 Å². The third kappa shape index (κ3) is 2.47. The predicted molar refractivity (Wildman–Crippen MR) is 61.4 cm³/mol. The molecule has 5 nitrogen and oxygen atoms in total. The number of likely N-dealkylation sites (N-methyl/N-ethyl adjacent to an activating group) is 1. The highest BCUT2D eigenvalue weighted by Crippen LogP contribution is 2.14. The van der Waals surface area contributed by atoms with E-state index < -0.39 is 0 Å². The summed E-state index contributed by atoms with van der Waals surface area (Å²) in [6.45, 7) is 6.26. The summed E-state index contributed by atoms with van der Waals surface area (Å²) in [6.07, 6.45) is 0.978. The molecule has 1 N–H and O–H groups in total. The standard InChI is InChI=1S/C11H21N3O2/c1-9-7-14(11(15)13(9)2)5-3-10-8-16-6-4-12-10/h9-10,12H,3-8H2,1-2H3. The number of amides is 2. The first-order valence-electron chi connectivity index (χ1n) is 6.01. The van der Waals surface area contributed by atoms with Crippen molar-refractivity contribution in [3.05, 3.63) is 0 Å². The van der Waals surface area contributed by atoms with Gasteiger partial charge in [-0.05, 0) is 13.3 Å². The third-order valence-electron chi connectivity index (χ3n) is 3.46. The van der Waals surface area contributed by atoms with E-state index in [0.717, 1.165) is 39.3 Å². The molecule has 0 saturated carbocycles. The van der Waals surface area contributed by atoms with Crippen LogP contribution in [0.25, 0.3) is 0 Å². The molecular formula is C11H21N3O2. The van der Waals surface area contributed by atoms with E-state index in [1.165, 1.54) is 0 Å². The van der Waals surface area contributed by atoms with Gasteiger partial charge in [-0.15, -0.1) is 0 Å². The van der Waals surface area contributed by atoms with Gasteiger partial charge in [0, 0.05) is 38.8 Å². The second kappa shape index (κ2) is 5.01. The Kier molecular flexibility index (Phi) is 3.66. The average Bonchev–Trinajstić information content (AvgIpc) is 2.56. The molecule has 0 bridgehead atoms. The van der Waals surface area contributed by atoms with Gasteiger partial charge in [0.15, 0.2) is 0 Å². The van der Waals surface area contributed by atoms with Crippen LogP contribution in [0, 0.1) is 0 Å². The Morgan fingerprint density at radius 3 is 2.94 bits per heavy atom. The fourth-order valence-corrected chi connectivity index (χ4v) is 2.23. The zero-order chi connectivity index (χ0) is 11.5. The topological polar surface area (TPSA) is 44.8 Å². The molecule has 2 atom stereocenters. The van der Waals surface area contributed by atoms with Gasteiger partial charge in [0.2, 0.25) is 0 Å². The van der Waals surface area contributed by atoms with Crippen molar-refractivity contribution in [3.8, 4) is 0 Å². The smallest absolute Gasteiger partial charge is 0.320 e. The van der Waals surface area contributed by atoms with Crippen LogP contribution in [-0.4, -0.2) is 67.8 Å². The second-order valence-electron chi connectivity index (χ2n) is 4.70. The Hall–Kier alpha value is -0.810. The molecule has 2 unspecified atom stereocenters. The number of morpholine rings is 1. The van der Waals surface area contributed by atoms with E-state index in [1.807, 2.05) is 16.8 Å². The summed E-state index contributed by atoms with van der Waals surface area (Å²) >= 11 is 0. The lowest BCUT2D eigenvalue weighted by molar-refractivity contribution is 0.0717. The maximum absolute atomic E-state index is 11.8. The Morgan fingerprint density at radius 1 is 1.56 bits per heavy atom. The molecule has 0 spiro atoms. The molecule has 0 aromatic rings. The number of carbonyl (C=O) groups is 1. The minimum atomic E-state index is 0.157. The van der Waals surface area contributed by atoms with E-state index in [2.05, 4.69) is 12.2 Å². The fourth-order valence-electron chi connectivity index (χ4n) is 2.23. The first-order valence-corrected chi connectivity index (χ1v) is 6.01. The fraction of sp³-hybridized carbons (Fsp3) is 0.909. The van der Waals surface area contributed by atoms with Crippen molar-refractivity contribution in [1.29, 1.82) is 0 Å². The Morgan fingerprint density at radius 2 is 2.38 bits per heavy atom. The van der Waals surface area contributed by atoms with Crippen LogP contribution in [0.2, 0.25) is 0 Å². The van der Waals surface area contributed by atoms with Crippen LogP contribution < -0.4 is 5.32 Å². The molecule has 0 aromatic heterocycles. The number of hydrogen-bond acceptors (Lipinski definition) is 3. The van der Waals surface area contributed by atoms with Crippen molar-refractivity contribution in [3.63, 3.8) is 0 Å². The minimum absolute atomic E-state index is 0.157. The minimum Gasteiger partial charge on any atom is -0.379 e. The van der Waals surface area contributed by atoms with E-state index in [9.17, 15) is 4.79 Å². The summed E-state index contributed by atoms with van der Waals surface area (Å²) in [6, 6.07) is 0.898. The molecule has 0 radical (unpaired) electrons. The molecule has 2 saturated heterocycles. The van der Waals surface area contributed by atoms with Gasteiger partial charge < -0.3 is 19.9 Å². The van der Waals surface area contributed by atoms with Crippen LogP contribution in [-0.2, 0) is 4.74 Å². The summed E-state index contributed by atoms with van der Waals surface area (Å²) in [4.78, 5) is 15.5. The Labute approximate surface area is 96.7 Å². The molecule has 16 heavy (non-hydrogen) atoms. The van der Waals surface area contributed by atoms with Gasteiger partial charge in [-0.25, -0.2) is 4.79 Å². The van der Waals surface area contributed by atoms with E-state index in [1.54, 1.807) is 0 Å². The van der Waals surface area contributed by atoms with Crippen molar-refractivity contribution in [2.24, 2.45) is 0 Å². The zero-order valence-electron chi connectivity index (χ0n) is 10.1. The highest BCUT2D eigenvalue weighted by atomic mass is 16.5. The lowest BCUT2D eigenvalue weighted by Crippen LogP contribution is -2.43. The number of nitrogens with one attached hydrogen (secondary N) is 1. The van der Waals surface area contributed by atoms with Gasteiger partial charge in [-0.3, -0.25) is 0 Å². The highest BCUT2D eigenvalue weighted by Gasteiger charge is 2.31.